The highest BCUT2D eigenvalue weighted by Gasteiger charge is 2.26. The number of fused-ring (bicyclic) bond motifs is 1. The van der Waals surface area contributed by atoms with Crippen LogP contribution in [-0.2, 0) is 6.54 Å². The van der Waals surface area contributed by atoms with Crippen LogP contribution in [0, 0.1) is 0 Å². The Morgan fingerprint density at radius 2 is 1.84 bits per heavy atom. The van der Waals surface area contributed by atoms with Gasteiger partial charge >= 0.3 is 5.56 Å². The van der Waals surface area contributed by atoms with Crippen LogP contribution in [0.1, 0.15) is 4.88 Å². The van der Waals surface area contributed by atoms with Crippen molar-refractivity contribution in [2.24, 2.45) is 0 Å². The molecule has 0 bridgehead atoms. The van der Waals surface area contributed by atoms with Gasteiger partial charge in [-0.1, -0.05) is 29.3 Å². The fourth-order valence-corrected chi connectivity index (χ4v) is 4.57. The molecule has 10 heteroatoms. The van der Waals surface area contributed by atoms with Crippen molar-refractivity contribution in [1.29, 1.82) is 0 Å². The molecule has 0 saturated carbocycles. The van der Waals surface area contributed by atoms with Gasteiger partial charge in [-0.3, -0.25) is 4.98 Å². The smallest absolute Gasteiger partial charge is 0.354 e. The number of pyridine rings is 3. The van der Waals surface area contributed by atoms with Crippen LogP contribution < -0.4 is 10.1 Å². The summed E-state index contributed by atoms with van der Waals surface area (Å²) in [5.41, 5.74) is 2.33. The Hall–Kier alpha value is -3.33. The Morgan fingerprint density at radius 1 is 1.00 bits per heavy atom. The number of halogens is 2. The highest BCUT2D eigenvalue weighted by molar-refractivity contribution is 7.15. The minimum atomic E-state index is -0.357. The van der Waals surface area contributed by atoms with Crippen LogP contribution in [0.2, 0.25) is 9.62 Å². The van der Waals surface area contributed by atoms with Gasteiger partial charge in [-0.15, -0.1) is 11.3 Å². The molecule has 5 aromatic rings. The number of hydrogen-bond donors (Lipinski definition) is 1. The molecule has 1 N–H and O–H groups in total. The highest BCUT2D eigenvalue weighted by atomic mass is 35.5. The lowest BCUT2D eigenvalue weighted by atomic mass is 10.0. The van der Waals surface area contributed by atoms with Crippen LogP contribution in [0.4, 0.5) is 0 Å². The molecule has 0 spiro atoms. The number of thiazole rings is 1. The topological polar surface area (TPSA) is 84.3 Å². The third-order valence-corrected chi connectivity index (χ3v) is 6.28. The zero-order chi connectivity index (χ0) is 22.2. The molecule has 0 fully saturated rings. The summed E-state index contributed by atoms with van der Waals surface area (Å²) in [6, 6.07) is 10.6. The molecule has 0 aliphatic rings. The van der Waals surface area contributed by atoms with E-state index in [4.69, 9.17) is 23.2 Å². The highest BCUT2D eigenvalue weighted by Crippen LogP contribution is 2.28. The van der Waals surface area contributed by atoms with E-state index in [1.54, 1.807) is 65.9 Å². The van der Waals surface area contributed by atoms with E-state index in [0.29, 0.717) is 27.4 Å². The lowest BCUT2D eigenvalue weighted by molar-refractivity contribution is -0.671. The standard InChI is InChI=1S/C22H13Cl2N5O2S/c23-17-5-4-13(10-26-17)14-7-15(9-25-8-14)19-20(30)28-6-2-1-3-18(28)29(21(19)31)12-16-11-27-22(24)32-16/h1-11H,12H2/p+1. The van der Waals surface area contributed by atoms with Gasteiger partial charge in [0.1, 0.15) is 11.7 Å². The van der Waals surface area contributed by atoms with Crippen LogP contribution in [0.3, 0.4) is 0 Å². The van der Waals surface area contributed by atoms with Crippen molar-refractivity contribution in [3.8, 4) is 28.1 Å². The third-order valence-electron chi connectivity index (χ3n) is 4.95. The first-order valence-corrected chi connectivity index (χ1v) is 11.0. The predicted octanol–water partition coefficient (Wildman–Crippen LogP) is 4.23. The van der Waals surface area contributed by atoms with Crippen LogP contribution in [0.5, 0.6) is 5.88 Å². The Kier molecular flexibility index (Phi) is 5.34. The van der Waals surface area contributed by atoms with E-state index in [1.807, 2.05) is 6.07 Å². The van der Waals surface area contributed by atoms with Gasteiger partial charge in [0.05, 0.1) is 11.1 Å². The minimum Gasteiger partial charge on any atom is -0.477 e. The van der Waals surface area contributed by atoms with Gasteiger partial charge in [0.15, 0.2) is 10.0 Å². The summed E-state index contributed by atoms with van der Waals surface area (Å²) in [6.45, 7) is 0.297. The molecule has 0 aromatic carbocycles. The predicted molar refractivity (Wildman–Crippen MR) is 123 cm³/mol. The van der Waals surface area contributed by atoms with E-state index < -0.39 is 0 Å². The van der Waals surface area contributed by atoms with Crippen LogP contribution in [0.25, 0.3) is 27.9 Å². The average molecular weight is 483 g/mol. The number of hydrogen-bond acceptors (Lipinski definition) is 6. The number of nitrogens with zero attached hydrogens (tertiary/aromatic N) is 5. The van der Waals surface area contributed by atoms with E-state index in [9.17, 15) is 9.90 Å². The lowest BCUT2D eigenvalue weighted by Gasteiger charge is -2.10. The van der Waals surface area contributed by atoms with Gasteiger partial charge in [-0.05, 0) is 24.3 Å². The molecular weight excluding hydrogens is 469 g/mol. The fraction of sp³-hybridized carbons (Fsp3) is 0.0455. The fourth-order valence-electron chi connectivity index (χ4n) is 3.49. The van der Waals surface area contributed by atoms with Gasteiger partial charge in [0.2, 0.25) is 0 Å². The zero-order valence-electron chi connectivity index (χ0n) is 16.3. The van der Waals surface area contributed by atoms with Crippen molar-refractivity contribution < 1.29 is 9.67 Å². The van der Waals surface area contributed by atoms with Crippen molar-refractivity contribution in [2.45, 2.75) is 6.54 Å². The van der Waals surface area contributed by atoms with Crippen molar-refractivity contribution in [1.82, 2.24) is 19.4 Å². The van der Waals surface area contributed by atoms with Crippen LogP contribution in [0.15, 0.2) is 72.2 Å². The maximum atomic E-state index is 13.4. The number of aromatic nitrogens is 5. The SMILES string of the molecule is O=c1c(-c2cncc(-c3ccc(Cl)nc3)c2)c(O)[n+](Cc2cnc(Cl)s2)c2ccccn12. The zero-order valence-corrected chi connectivity index (χ0v) is 18.6. The first-order valence-electron chi connectivity index (χ1n) is 9.45. The Balaban J connectivity index is 1.72. The molecule has 0 unspecified atom stereocenters. The van der Waals surface area contributed by atoms with Crippen molar-refractivity contribution in [3.05, 3.63) is 92.2 Å². The van der Waals surface area contributed by atoms with Gasteiger partial charge in [0.25, 0.3) is 11.5 Å². The van der Waals surface area contributed by atoms with Crippen molar-refractivity contribution >= 4 is 40.2 Å². The van der Waals surface area contributed by atoms with E-state index in [0.717, 1.165) is 16.0 Å². The Morgan fingerprint density at radius 3 is 2.59 bits per heavy atom. The van der Waals surface area contributed by atoms with E-state index >= 15 is 0 Å². The summed E-state index contributed by atoms with van der Waals surface area (Å²) in [4.78, 5) is 26.6. The van der Waals surface area contributed by atoms with E-state index in [-0.39, 0.29) is 17.0 Å². The molecule has 0 saturated heterocycles. The number of rotatable bonds is 4. The maximum Gasteiger partial charge on any atom is 0.354 e. The summed E-state index contributed by atoms with van der Waals surface area (Å²) in [7, 11) is 0. The molecule has 5 aromatic heterocycles. The van der Waals surface area contributed by atoms with Gasteiger partial charge in [0, 0.05) is 47.5 Å². The van der Waals surface area contributed by atoms with Crippen molar-refractivity contribution in [2.75, 3.05) is 0 Å². The second kappa shape index (κ2) is 8.31. The molecular formula is C22H14Cl2N5O2S+. The number of aromatic hydroxyl groups is 1. The molecule has 0 atom stereocenters. The molecule has 158 valence electrons. The normalized spacial score (nSPS) is 11.2. The molecule has 5 heterocycles. The molecule has 0 amide bonds. The summed E-state index contributed by atoms with van der Waals surface area (Å²) >= 11 is 13.2. The van der Waals surface area contributed by atoms with Crippen molar-refractivity contribution in [3.63, 3.8) is 0 Å². The molecule has 7 nitrogen and oxygen atoms in total. The molecule has 0 aliphatic heterocycles. The average Bonchev–Trinajstić information content (AvgIpc) is 3.22. The quantitative estimate of drug-likeness (QED) is 0.306. The molecule has 32 heavy (non-hydrogen) atoms. The maximum absolute atomic E-state index is 13.4. The van der Waals surface area contributed by atoms with Gasteiger partial charge in [-0.25, -0.2) is 14.8 Å². The third kappa shape index (κ3) is 3.73. The second-order valence-corrected chi connectivity index (χ2v) is 9.01. The lowest BCUT2D eigenvalue weighted by Crippen LogP contribution is -2.41. The summed E-state index contributed by atoms with van der Waals surface area (Å²) in [5.74, 6) is -0.168. The molecule has 0 radical (unpaired) electrons. The Labute approximate surface area is 195 Å². The first-order chi connectivity index (χ1) is 15.5. The molecule has 5 rings (SSSR count). The Bertz CT molecular complexity index is 1520. The van der Waals surface area contributed by atoms with Gasteiger partial charge in [-0.2, -0.15) is 8.97 Å². The summed E-state index contributed by atoms with van der Waals surface area (Å²) in [6.07, 6.45) is 8.16. The van der Waals surface area contributed by atoms with E-state index in [2.05, 4.69) is 15.0 Å². The minimum absolute atomic E-state index is 0.139. The summed E-state index contributed by atoms with van der Waals surface area (Å²) in [5, 5.41) is 11.6. The first kappa shape index (κ1) is 20.6. The summed E-state index contributed by atoms with van der Waals surface area (Å²) < 4.78 is 3.55. The molecule has 0 aliphatic carbocycles. The monoisotopic (exact) mass is 482 g/mol. The van der Waals surface area contributed by atoms with Crippen LogP contribution in [-0.4, -0.2) is 24.5 Å². The van der Waals surface area contributed by atoms with E-state index in [1.165, 1.54) is 15.7 Å². The van der Waals surface area contributed by atoms with Crippen LogP contribution >= 0.6 is 34.5 Å². The second-order valence-electron chi connectivity index (χ2n) is 6.93. The van der Waals surface area contributed by atoms with Gasteiger partial charge < -0.3 is 5.11 Å². The largest absolute Gasteiger partial charge is 0.477 e.